The van der Waals surface area contributed by atoms with E-state index in [1.165, 1.54) is 6.33 Å². The maximum Gasteiger partial charge on any atom is 0.251 e. The highest BCUT2D eigenvalue weighted by Crippen LogP contribution is 2.08. The van der Waals surface area contributed by atoms with Crippen LogP contribution in [-0.4, -0.2) is 86.4 Å². The molecule has 2 heterocycles. The molecule has 118 valence electrons. The van der Waals surface area contributed by atoms with Gasteiger partial charge in [-0.2, -0.15) is 16.9 Å². The normalized spacial score (nSPS) is 17.9. The van der Waals surface area contributed by atoms with E-state index in [1.807, 2.05) is 10.9 Å². The number of aromatic nitrogens is 3. The highest BCUT2D eigenvalue weighted by molar-refractivity contribution is 7.98. The fourth-order valence-electron chi connectivity index (χ4n) is 2.35. The second kappa shape index (κ2) is 8.35. The number of rotatable bonds is 7. The molecule has 2 rings (SSSR count). The Bertz CT molecular complexity index is 420. The first-order valence-electron chi connectivity index (χ1n) is 7.21. The highest BCUT2D eigenvalue weighted by Gasteiger charge is 2.25. The Morgan fingerprint density at radius 1 is 1.33 bits per heavy atom. The highest BCUT2D eigenvalue weighted by atomic mass is 32.2. The third kappa shape index (κ3) is 4.98. The maximum atomic E-state index is 12.1. The lowest BCUT2D eigenvalue weighted by Gasteiger charge is -2.35. The molecule has 1 aromatic rings. The lowest BCUT2D eigenvalue weighted by atomic mass is 10.2. The van der Waals surface area contributed by atoms with E-state index in [0.717, 1.165) is 31.9 Å². The van der Waals surface area contributed by atoms with E-state index in [-0.39, 0.29) is 5.91 Å². The van der Waals surface area contributed by atoms with Gasteiger partial charge in [0, 0.05) is 32.7 Å². The zero-order valence-corrected chi connectivity index (χ0v) is 13.2. The van der Waals surface area contributed by atoms with Crippen LogP contribution in [0.2, 0.25) is 0 Å². The molecule has 0 saturated carbocycles. The van der Waals surface area contributed by atoms with E-state index >= 15 is 0 Å². The summed E-state index contributed by atoms with van der Waals surface area (Å²) < 4.78 is 1.81. The Morgan fingerprint density at radius 3 is 2.71 bits per heavy atom. The van der Waals surface area contributed by atoms with Crippen LogP contribution >= 0.6 is 11.8 Å². The first-order chi connectivity index (χ1) is 10.2. The van der Waals surface area contributed by atoms with Gasteiger partial charge in [-0.3, -0.25) is 14.4 Å². The van der Waals surface area contributed by atoms with Crippen LogP contribution in [0.15, 0.2) is 12.7 Å². The number of nitrogens with zero attached hydrogens (tertiary/aromatic N) is 5. The molecule has 1 N–H and O–H groups in total. The van der Waals surface area contributed by atoms with Gasteiger partial charge >= 0.3 is 0 Å². The number of aliphatic hydroxyl groups excluding tert-OH is 1. The zero-order chi connectivity index (χ0) is 15.1. The minimum Gasteiger partial charge on any atom is -0.383 e. The van der Waals surface area contributed by atoms with Crippen molar-refractivity contribution >= 4 is 17.7 Å². The van der Waals surface area contributed by atoms with E-state index in [2.05, 4.69) is 15.0 Å². The second-order valence-electron chi connectivity index (χ2n) is 5.12. The molecule has 0 spiro atoms. The third-order valence-electron chi connectivity index (χ3n) is 3.68. The van der Waals surface area contributed by atoms with Crippen molar-refractivity contribution in [2.75, 3.05) is 44.7 Å². The van der Waals surface area contributed by atoms with Crippen molar-refractivity contribution in [2.24, 2.45) is 0 Å². The van der Waals surface area contributed by atoms with Crippen LogP contribution in [0.4, 0.5) is 0 Å². The summed E-state index contributed by atoms with van der Waals surface area (Å²) in [6.07, 6.45) is 4.91. The van der Waals surface area contributed by atoms with Crippen LogP contribution < -0.4 is 0 Å². The predicted octanol–water partition coefficient (Wildman–Crippen LogP) is -0.464. The minimum absolute atomic E-state index is 0.125. The number of piperazine rings is 1. The van der Waals surface area contributed by atoms with Crippen molar-refractivity contribution in [3.8, 4) is 0 Å². The number of carbonyl (C=O) groups excluding carboxylic acids is 1. The van der Waals surface area contributed by atoms with Crippen molar-refractivity contribution in [3.63, 3.8) is 0 Å². The van der Waals surface area contributed by atoms with Crippen molar-refractivity contribution in [3.05, 3.63) is 12.7 Å². The summed E-state index contributed by atoms with van der Waals surface area (Å²) in [4.78, 5) is 20.1. The first kappa shape index (κ1) is 16.3. The van der Waals surface area contributed by atoms with Crippen LogP contribution in [0.3, 0.4) is 0 Å². The van der Waals surface area contributed by atoms with Crippen molar-refractivity contribution < 1.29 is 9.90 Å². The summed E-state index contributed by atoms with van der Waals surface area (Å²) in [6, 6.07) is 0. The molecule has 21 heavy (non-hydrogen) atoms. The number of thioether (sulfide) groups is 1. The first-order valence-corrected chi connectivity index (χ1v) is 8.60. The second-order valence-corrected chi connectivity index (χ2v) is 6.11. The van der Waals surface area contributed by atoms with Gasteiger partial charge in [-0.1, -0.05) is 0 Å². The van der Waals surface area contributed by atoms with E-state index in [4.69, 9.17) is 0 Å². The largest absolute Gasteiger partial charge is 0.383 e. The summed E-state index contributed by atoms with van der Waals surface area (Å²) in [5.41, 5.74) is 0. The number of hydrogen-bond acceptors (Lipinski definition) is 6. The van der Waals surface area contributed by atoms with E-state index in [9.17, 15) is 9.90 Å². The van der Waals surface area contributed by atoms with Crippen LogP contribution in [0, 0.1) is 0 Å². The maximum absolute atomic E-state index is 12.1. The quantitative estimate of drug-likeness (QED) is 0.734. The Kier molecular flexibility index (Phi) is 6.47. The van der Waals surface area contributed by atoms with Gasteiger partial charge in [0.25, 0.3) is 5.91 Å². The molecule has 1 amide bonds. The zero-order valence-electron chi connectivity index (χ0n) is 12.4. The van der Waals surface area contributed by atoms with Gasteiger partial charge in [0.2, 0.25) is 0 Å². The Labute approximate surface area is 129 Å². The molecule has 0 unspecified atom stereocenters. The van der Waals surface area contributed by atoms with Gasteiger partial charge in [-0.05, 0) is 18.4 Å². The Hall–Kier alpha value is -1.12. The smallest absolute Gasteiger partial charge is 0.251 e. The average Bonchev–Trinajstić information content (AvgIpc) is 3.04. The lowest BCUT2D eigenvalue weighted by molar-refractivity contribution is -0.142. The molecule has 8 heteroatoms. The third-order valence-corrected chi connectivity index (χ3v) is 4.32. The summed E-state index contributed by atoms with van der Waals surface area (Å²) in [7, 11) is 0. The minimum atomic E-state index is -0.848. The molecular weight excluding hydrogens is 290 g/mol. The number of amides is 1. The molecule has 1 saturated heterocycles. The van der Waals surface area contributed by atoms with Crippen LogP contribution in [-0.2, 0) is 11.3 Å². The van der Waals surface area contributed by atoms with Gasteiger partial charge in [0.1, 0.15) is 18.8 Å². The molecule has 0 aromatic carbocycles. The van der Waals surface area contributed by atoms with Crippen LogP contribution in [0.5, 0.6) is 0 Å². The van der Waals surface area contributed by atoms with Crippen molar-refractivity contribution in [2.45, 2.75) is 19.1 Å². The van der Waals surface area contributed by atoms with E-state index in [0.29, 0.717) is 19.5 Å². The standard InChI is InChI=1S/C13H23N5O2S/c1-21-9-2-12(19)13(20)17-6-3-16(4-7-17)5-8-18-11-14-10-15-18/h10-12,19H,2-9H2,1H3/t12-/m1/s1. The molecule has 1 aliphatic rings. The number of carbonyl (C=O) groups is 1. The average molecular weight is 313 g/mol. The predicted molar refractivity (Wildman–Crippen MR) is 82.0 cm³/mol. The number of aliphatic hydroxyl groups is 1. The molecule has 1 aromatic heterocycles. The monoisotopic (exact) mass is 313 g/mol. The molecule has 1 fully saturated rings. The molecule has 1 atom stereocenters. The fraction of sp³-hybridized carbons (Fsp3) is 0.769. The molecule has 0 radical (unpaired) electrons. The summed E-state index contributed by atoms with van der Waals surface area (Å²) >= 11 is 1.65. The summed E-state index contributed by atoms with van der Waals surface area (Å²) in [6.45, 7) is 4.77. The van der Waals surface area contributed by atoms with Gasteiger partial charge in [0.15, 0.2) is 0 Å². The SMILES string of the molecule is CSCC[C@@H](O)C(=O)N1CCN(CCn2cncn2)CC1. The van der Waals surface area contributed by atoms with Gasteiger partial charge in [-0.25, -0.2) is 4.98 Å². The summed E-state index contributed by atoms with van der Waals surface area (Å²) in [5, 5.41) is 13.9. The van der Waals surface area contributed by atoms with E-state index in [1.54, 1.807) is 23.0 Å². The van der Waals surface area contributed by atoms with Gasteiger partial charge in [-0.15, -0.1) is 0 Å². The van der Waals surface area contributed by atoms with Crippen molar-refractivity contribution in [1.29, 1.82) is 0 Å². The lowest BCUT2D eigenvalue weighted by Crippen LogP contribution is -2.52. The van der Waals surface area contributed by atoms with Gasteiger partial charge in [0.05, 0.1) is 6.54 Å². The topological polar surface area (TPSA) is 74.5 Å². The Balaban J connectivity index is 1.68. The fourth-order valence-corrected chi connectivity index (χ4v) is 2.81. The molecule has 7 nitrogen and oxygen atoms in total. The number of hydrogen-bond donors (Lipinski definition) is 1. The van der Waals surface area contributed by atoms with Crippen LogP contribution in [0.25, 0.3) is 0 Å². The van der Waals surface area contributed by atoms with Gasteiger partial charge < -0.3 is 10.0 Å². The molecule has 1 aliphatic heterocycles. The Morgan fingerprint density at radius 2 is 2.10 bits per heavy atom. The summed E-state index contributed by atoms with van der Waals surface area (Å²) in [5.74, 6) is 0.685. The van der Waals surface area contributed by atoms with Crippen LogP contribution in [0.1, 0.15) is 6.42 Å². The van der Waals surface area contributed by atoms with Crippen molar-refractivity contribution in [1.82, 2.24) is 24.6 Å². The molecule has 0 aliphatic carbocycles. The molecular formula is C13H23N5O2S. The molecule has 0 bridgehead atoms. The van der Waals surface area contributed by atoms with E-state index < -0.39 is 6.10 Å².